The van der Waals surface area contributed by atoms with Gasteiger partial charge in [0.25, 0.3) is 0 Å². The number of phenols is 3. The summed E-state index contributed by atoms with van der Waals surface area (Å²) in [6.07, 6.45) is 0.764. The SMILES string of the molecule is CCc1cc(O)ccc1-c1cc(O)cc(O)c1. The van der Waals surface area contributed by atoms with Crippen molar-refractivity contribution in [1.29, 1.82) is 0 Å². The van der Waals surface area contributed by atoms with Crippen molar-refractivity contribution < 1.29 is 15.3 Å². The lowest BCUT2D eigenvalue weighted by atomic mass is 9.97. The van der Waals surface area contributed by atoms with Crippen LogP contribution in [0.1, 0.15) is 12.5 Å². The topological polar surface area (TPSA) is 60.7 Å². The van der Waals surface area contributed by atoms with Gasteiger partial charge in [-0.05, 0) is 47.4 Å². The van der Waals surface area contributed by atoms with E-state index in [1.165, 1.54) is 6.07 Å². The minimum absolute atomic E-state index is 0.0233. The molecule has 2 aromatic rings. The number of hydrogen-bond acceptors (Lipinski definition) is 3. The Kier molecular flexibility index (Phi) is 2.91. The van der Waals surface area contributed by atoms with E-state index in [0.717, 1.165) is 23.1 Å². The monoisotopic (exact) mass is 230 g/mol. The van der Waals surface area contributed by atoms with Crippen molar-refractivity contribution in [1.82, 2.24) is 0 Å². The van der Waals surface area contributed by atoms with E-state index >= 15 is 0 Å². The second-order valence-corrected chi connectivity index (χ2v) is 3.93. The van der Waals surface area contributed by atoms with Gasteiger partial charge < -0.3 is 15.3 Å². The van der Waals surface area contributed by atoms with Crippen LogP contribution in [0, 0.1) is 0 Å². The number of aromatic hydroxyl groups is 3. The average Bonchev–Trinajstić information content (AvgIpc) is 2.27. The van der Waals surface area contributed by atoms with Gasteiger partial charge in [-0.2, -0.15) is 0 Å². The molecule has 0 amide bonds. The molecule has 0 aliphatic rings. The molecule has 0 aliphatic carbocycles. The van der Waals surface area contributed by atoms with Gasteiger partial charge in [-0.3, -0.25) is 0 Å². The van der Waals surface area contributed by atoms with Gasteiger partial charge in [0.2, 0.25) is 0 Å². The van der Waals surface area contributed by atoms with Crippen molar-refractivity contribution in [2.24, 2.45) is 0 Å². The van der Waals surface area contributed by atoms with E-state index in [2.05, 4.69) is 0 Å². The van der Waals surface area contributed by atoms with Crippen molar-refractivity contribution in [3.05, 3.63) is 42.0 Å². The van der Waals surface area contributed by atoms with Crippen LogP contribution >= 0.6 is 0 Å². The van der Waals surface area contributed by atoms with Crippen LogP contribution in [0.4, 0.5) is 0 Å². The molecule has 3 heteroatoms. The summed E-state index contributed by atoms with van der Waals surface area (Å²) in [7, 11) is 0. The maximum Gasteiger partial charge on any atom is 0.119 e. The predicted octanol–water partition coefficient (Wildman–Crippen LogP) is 3.03. The molecule has 0 spiro atoms. The first-order valence-corrected chi connectivity index (χ1v) is 5.45. The molecule has 0 bridgehead atoms. The maximum absolute atomic E-state index is 9.46. The van der Waals surface area contributed by atoms with Gasteiger partial charge >= 0.3 is 0 Å². The van der Waals surface area contributed by atoms with Gasteiger partial charge in [0.15, 0.2) is 0 Å². The van der Waals surface area contributed by atoms with Crippen LogP contribution in [0.25, 0.3) is 11.1 Å². The van der Waals surface area contributed by atoms with E-state index in [1.807, 2.05) is 6.92 Å². The molecule has 0 aliphatic heterocycles. The summed E-state index contributed by atoms with van der Waals surface area (Å²) < 4.78 is 0. The van der Waals surface area contributed by atoms with Crippen molar-refractivity contribution in [2.45, 2.75) is 13.3 Å². The zero-order valence-electron chi connectivity index (χ0n) is 9.51. The van der Waals surface area contributed by atoms with Crippen LogP contribution in [-0.2, 0) is 6.42 Å². The fourth-order valence-corrected chi connectivity index (χ4v) is 1.90. The van der Waals surface area contributed by atoms with Crippen LogP contribution in [0.15, 0.2) is 36.4 Å². The second kappa shape index (κ2) is 4.37. The highest BCUT2D eigenvalue weighted by atomic mass is 16.3. The molecular weight excluding hydrogens is 216 g/mol. The van der Waals surface area contributed by atoms with Gasteiger partial charge in [0, 0.05) is 6.07 Å². The highest BCUT2D eigenvalue weighted by Crippen LogP contribution is 2.32. The Hall–Kier alpha value is -2.16. The minimum Gasteiger partial charge on any atom is -0.508 e. The van der Waals surface area contributed by atoms with E-state index in [9.17, 15) is 15.3 Å². The number of hydrogen-bond donors (Lipinski definition) is 3. The molecular formula is C14H14O3. The molecule has 0 fully saturated rings. The molecule has 0 saturated heterocycles. The van der Waals surface area contributed by atoms with E-state index in [0.29, 0.717) is 0 Å². The van der Waals surface area contributed by atoms with Crippen molar-refractivity contribution in [3.8, 4) is 28.4 Å². The second-order valence-electron chi connectivity index (χ2n) is 3.93. The number of phenolic OH excluding ortho intramolecular Hbond substituents is 3. The summed E-state index contributed by atoms with van der Waals surface area (Å²) in [5.74, 6) is 0.264. The lowest BCUT2D eigenvalue weighted by Gasteiger charge is -2.09. The van der Waals surface area contributed by atoms with E-state index < -0.39 is 0 Å². The Morgan fingerprint density at radius 2 is 1.47 bits per heavy atom. The summed E-state index contributed by atoms with van der Waals surface area (Å²) in [5, 5.41) is 28.4. The lowest BCUT2D eigenvalue weighted by molar-refractivity contribution is 0.451. The smallest absolute Gasteiger partial charge is 0.119 e. The highest BCUT2D eigenvalue weighted by Gasteiger charge is 2.07. The van der Waals surface area contributed by atoms with Crippen LogP contribution in [0.2, 0.25) is 0 Å². The lowest BCUT2D eigenvalue weighted by Crippen LogP contribution is -1.87. The molecule has 0 heterocycles. The van der Waals surface area contributed by atoms with Gasteiger partial charge in [-0.25, -0.2) is 0 Å². The first-order chi connectivity index (χ1) is 8.10. The first kappa shape index (κ1) is 11.3. The van der Waals surface area contributed by atoms with Crippen molar-refractivity contribution in [3.63, 3.8) is 0 Å². The Labute approximate surface area is 99.6 Å². The summed E-state index contributed by atoms with van der Waals surface area (Å²) in [4.78, 5) is 0. The molecule has 0 radical (unpaired) electrons. The molecule has 0 saturated carbocycles. The summed E-state index contributed by atoms with van der Waals surface area (Å²) in [6, 6.07) is 9.53. The summed E-state index contributed by atoms with van der Waals surface area (Å²) in [6.45, 7) is 1.99. The van der Waals surface area contributed by atoms with Crippen LogP contribution < -0.4 is 0 Å². The fraction of sp³-hybridized carbons (Fsp3) is 0.143. The van der Waals surface area contributed by atoms with Gasteiger partial charge in [-0.15, -0.1) is 0 Å². The zero-order chi connectivity index (χ0) is 12.4. The van der Waals surface area contributed by atoms with Crippen molar-refractivity contribution in [2.75, 3.05) is 0 Å². The van der Waals surface area contributed by atoms with Gasteiger partial charge in [0.1, 0.15) is 17.2 Å². The summed E-state index contributed by atoms with van der Waals surface area (Å²) in [5.41, 5.74) is 2.60. The van der Waals surface area contributed by atoms with Crippen LogP contribution in [0.5, 0.6) is 17.2 Å². The zero-order valence-corrected chi connectivity index (χ0v) is 9.51. The number of benzene rings is 2. The standard InChI is InChI=1S/C14H14O3/c1-2-9-5-11(15)3-4-14(9)10-6-12(16)8-13(17)7-10/h3-8,15-17H,2H2,1H3. The molecule has 88 valence electrons. The third kappa shape index (κ3) is 2.33. The van der Waals surface area contributed by atoms with E-state index in [-0.39, 0.29) is 17.2 Å². The molecule has 3 N–H and O–H groups in total. The normalized spacial score (nSPS) is 10.4. The molecule has 2 rings (SSSR count). The fourth-order valence-electron chi connectivity index (χ4n) is 1.90. The Morgan fingerprint density at radius 3 is 2.06 bits per heavy atom. The number of rotatable bonds is 2. The Bertz CT molecular complexity index is 527. The third-order valence-electron chi connectivity index (χ3n) is 2.68. The molecule has 0 unspecified atom stereocenters. The van der Waals surface area contributed by atoms with Gasteiger partial charge in [-0.1, -0.05) is 13.0 Å². The molecule has 0 atom stereocenters. The first-order valence-electron chi connectivity index (χ1n) is 5.45. The average molecular weight is 230 g/mol. The van der Waals surface area contributed by atoms with Crippen LogP contribution in [-0.4, -0.2) is 15.3 Å². The molecule has 2 aromatic carbocycles. The van der Waals surface area contributed by atoms with E-state index in [4.69, 9.17) is 0 Å². The predicted molar refractivity (Wildman–Crippen MR) is 66.3 cm³/mol. The minimum atomic E-state index is 0.0233. The largest absolute Gasteiger partial charge is 0.508 e. The molecule has 17 heavy (non-hydrogen) atoms. The summed E-state index contributed by atoms with van der Waals surface area (Å²) >= 11 is 0. The van der Waals surface area contributed by atoms with E-state index in [1.54, 1.807) is 30.3 Å². The Balaban J connectivity index is 2.59. The highest BCUT2D eigenvalue weighted by molar-refractivity contribution is 5.71. The Morgan fingerprint density at radius 1 is 0.824 bits per heavy atom. The third-order valence-corrected chi connectivity index (χ3v) is 2.68. The van der Waals surface area contributed by atoms with Crippen molar-refractivity contribution >= 4 is 0 Å². The quantitative estimate of drug-likeness (QED) is 0.743. The van der Waals surface area contributed by atoms with Crippen LogP contribution in [0.3, 0.4) is 0 Å². The molecule has 0 aromatic heterocycles. The van der Waals surface area contributed by atoms with Gasteiger partial charge in [0.05, 0.1) is 0 Å². The maximum atomic E-state index is 9.46. The molecule has 3 nitrogen and oxygen atoms in total. The number of aryl methyl sites for hydroxylation is 1.